The van der Waals surface area contributed by atoms with Crippen molar-refractivity contribution in [3.8, 4) is 0 Å². The number of rotatable bonds is 6. The summed E-state index contributed by atoms with van der Waals surface area (Å²) in [4.78, 5) is 11.7. The lowest BCUT2D eigenvalue weighted by molar-refractivity contribution is -0.121. The summed E-state index contributed by atoms with van der Waals surface area (Å²) in [6.45, 7) is 3.13. The van der Waals surface area contributed by atoms with Crippen LogP contribution in [0.3, 0.4) is 0 Å². The summed E-state index contributed by atoms with van der Waals surface area (Å²) < 4.78 is 0. The highest BCUT2D eigenvalue weighted by atomic mass is 35.5. The molecule has 0 radical (unpaired) electrons. The van der Waals surface area contributed by atoms with Crippen molar-refractivity contribution in [2.24, 2.45) is 11.8 Å². The zero-order valence-electron chi connectivity index (χ0n) is 12.0. The van der Waals surface area contributed by atoms with Gasteiger partial charge < -0.3 is 10.6 Å². The first-order valence-electron chi connectivity index (χ1n) is 7.82. The first-order chi connectivity index (χ1) is 8.84. The molecule has 1 saturated carbocycles. The van der Waals surface area contributed by atoms with E-state index in [1.807, 2.05) is 0 Å². The third-order valence-electron chi connectivity index (χ3n) is 4.54. The van der Waals surface area contributed by atoms with Gasteiger partial charge in [0.15, 0.2) is 0 Å². The van der Waals surface area contributed by atoms with Gasteiger partial charge in [0.25, 0.3) is 0 Å². The summed E-state index contributed by atoms with van der Waals surface area (Å²) in [6, 6.07) is 0. The molecule has 1 saturated heterocycles. The fraction of sp³-hybridized carbons (Fsp3) is 0.933. The second-order valence-electron chi connectivity index (χ2n) is 6.04. The van der Waals surface area contributed by atoms with Crippen LogP contribution in [0.5, 0.6) is 0 Å². The number of amides is 1. The van der Waals surface area contributed by atoms with Crippen molar-refractivity contribution >= 4 is 18.3 Å². The van der Waals surface area contributed by atoms with Crippen LogP contribution in [0.4, 0.5) is 0 Å². The second-order valence-corrected chi connectivity index (χ2v) is 6.04. The van der Waals surface area contributed by atoms with Crippen molar-refractivity contribution in [1.82, 2.24) is 10.6 Å². The van der Waals surface area contributed by atoms with Gasteiger partial charge in [-0.15, -0.1) is 12.4 Å². The Morgan fingerprint density at radius 3 is 2.53 bits per heavy atom. The quantitative estimate of drug-likeness (QED) is 0.789. The number of carbonyl (C=O) groups is 1. The molecule has 1 aliphatic carbocycles. The fourth-order valence-electron chi connectivity index (χ4n) is 3.28. The Bertz CT molecular complexity index is 249. The van der Waals surface area contributed by atoms with Crippen LogP contribution in [-0.4, -0.2) is 25.5 Å². The highest BCUT2D eigenvalue weighted by Gasteiger charge is 2.16. The molecule has 3 nitrogen and oxygen atoms in total. The van der Waals surface area contributed by atoms with Crippen LogP contribution in [0, 0.1) is 11.8 Å². The van der Waals surface area contributed by atoms with E-state index in [1.165, 1.54) is 44.9 Å². The Morgan fingerprint density at radius 2 is 1.84 bits per heavy atom. The van der Waals surface area contributed by atoms with Crippen molar-refractivity contribution in [2.45, 2.75) is 57.8 Å². The first kappa shape index (κ1) is 16.8. The number of hydrogen-bond acceptors (Lipinski definition) is 2. The molecule has 0 aromatic carbocycles. The van der Waals surface area contributed by atoms with Crippen LogP contribution in [0.2, 0.25) is 0 Å². The van der Waals surface area contributed by atoms with Crippen molar-refractivity contribution in [3.63, 3.8) is 0 Å². The van der Waals surface area contributed by atoms with E-state index in [0.29, 0.717) is 0 Å². The van der Waals surface area contributed by atoms with Crippen molar-refractivity contribution in [1.29, 1.82) is 0 Å². The molecule has 1 aliphatic heterocycles. The number of hydrogen-bond donors (Lipinski definition) is 2. The van der Waals surface area contributed by atoms with Crippen LogP contribution >= 0.6 is 12.4 Å². The highest BCUT2D eigenvalue weighted by molar-refractivity contribution is 5.85. The van der Waals surface area contributed by atoms with Crippen LogP contribution in [0.25, 0.3) is 0 Å². The highest BCUT2D eigenvalue weighted by Crippen LogP contribution is 2.25. The lowest BCUT2D eigenvalue weighted by atomic mass is 9.87. The zero-order chi connectivity index (χ0) is 12.6. The Kier molecular flexibility index (Phi) is 8.47. The minimum Gasteiger partial charge on any atom is -0.356 e. The van der Waals surface area contributed by atoms with Crippen molar-refractivity contribution in [2.75, 3.05) is 19.6 Å². The molecule has 0 bridgehead atoms. The summed E-state index contributed by atoms with van der Waals surface area (Å²) in [5, 5.41) is 6.45. The van der Waals surface area contributed by atoms with E-state index in [2.05, 4.69) is 10.6 Å². The van der Waals surface area contributed by atoms with E-state index in [0.717, 1.165) is 44.3 Å². The van der Waals surface area contributed by atoms with E-state index in [1.54, 1.807) is 0 Å². The molecule has 2 N–H and O–H groups in total. The number of nitrogens with one attached hydrogen (secondary N) is 2. The maximum absolute atomic E-state index is 11.7. The average molecular weight is 289 g/mol. The van der Waals surface area contributed by atoms with Gasteiger partial charge in [0, 0.05) is 13.0 Å². The summed E-state index contributed by atoms with van der Waals surface area (Å²) in [5.74, 6) is 1.87. The molecule has 1 heterocycles. The van der Waals surface area contributed by atoms with Gasteiger partial charge in [-0.3, -0.25) is 4.79 Å². The van der Waals surface area contributed by atoms with Gasteiger partial charge in [-0.1, -0.05) is 32.1 Å². The van der Waals surface area contributed by atoms with Gasteiger partial charge in [-0.25, -0.2) is 0 Å². The normalized spacial score (nSPS) is 23.9. The molecule has 1 atom stereocenters. The maximum atomic E-state index is 11.7. The van der Waals surface area contributed by atoms with Gasteiger partial charge in [0.05, 0.1) is 0 Å². The Balaban J connectivity index is 0.00000180. The smallest absolute Gasteiger partial charge is 0.220 e. The topological polar surface area (TPSA) is 41.1 Å². The van der Waals surface area contributed by atoms with Crippen LogP contribution in [0.15, 0.2) is 0 Å². The van der Waals surface area contributed by atoms with E-state index in [-0.39, 0.29) is 18.3 Å². The summed E-state index contributed by atoms with van der Waals surface area (Å²) in [5.41, 5.74) is 0. The molecular formula is C15H29ClN2O. The van der Waals surface area contributed by atoms with E-state index in [4.69, 9.17) is 0 Å². The van der Waals surface area contributed by atoms with E-state index in [9.17, 15) is 4.79 Å². The third-order valence-corrected chi connectivity index (χ3v) is 4.54. The summed E-state index contributed by atoms with van der Waals surface area (Å²) >= 11 is 0. The minimum atomic E-state index is 0. The molecule has 2 rings (SSSR count). The van der Waals surface area contributed by atoms with Gasteiger partial charge in [-0.05, 0) is 44.2 Å². The zero-order valence-corrected chi connectivity index (χ0v) is 12.8. The number of halogens is 1. The molecule has 2 aliphatic rings. The molecule has 112 valence electrons. The molecule has 0 aromatic heterocycles. The van der Waals surface area contributed by atoms with Gasteiger partial charge >= 0.3 is 0 Å². The molecule has 1 unspecified atom stereocenters. The van der Waals surface area contributed by atoms with Crippen molar-refractivity contribution < 1.29 is 4.79 Å². The van der Waals surface area contributed by atoms with E-state index >= 15 is 0 Å². The fourth-order valence-corrected chi connectivity index (χ4v) is 3.28. The second kappa shape index (κ2) is 9.60. The van der Waals surface area contributed by atoms with Crippen LogP contribution in [-0.2, 0) is 4.79 Å². The van der Waals surface area contributed by atoms with Gasteiger partial charge in [0.1, 0.15) is 0 Å². The number of carbonyl (C=O) groups excluding carboxylic acids is 1. The first-order valence-corrected chi connectivity index (χ1v) is 7.82. The van der Waals surface area contributed by atoms with Gasteiger partial charge in [-0.2, -0.15) is 0 Å². The Labute approximate surface area is 123 Å². The monoisotopic (exact) mass is 288 g/mol. The van der Waals surface area contributed by atoms with Gasteiger partial charge in [0.2, 0.25) is 5.91 Å². The molecule has 0 aromatic rings. The molecular weight excluding hydrogens is 260 g/mol. The van der Waals surface area contributed by atoms with Crippen molar-refractivity contribution in [3.05, 3.63) is 0 Å². The molecule has 0 spiro atoms. The Morgan fingerprint density at radius 1 is 1.05 bits per heavy atom. The lowest BCUT2D eigenvalue weighted by Gasteiger charge is -2.21. The van der Waals surface area contributed by atoms with Crippen LogP contribution in [0.1, 0.15) is 57.8 Å². The lowest BCUT2D eigenvalue weighted by Crippen LogP contribution is -2.26. The molecule has 4 heteroatoms. The molecule has 2 fully saturated rings. The largest absolute Gasteiger partial charge is 0.356 e. The maximum Gasteiger partial charge on any atom is 0.220 e. The predicted octanol–water partition coefficient (Wildman–Crippen LogP) is 2.88. The summed E-state index contributed by atoms with van der Waals surface area (Å²) in [7, 11) is 0. The predicted molar refractivity (Wildman–Crippen MR) is 81.7 cm³/mol. The van der Waals surface area contributed by atoms with E-state index < -0.39 is 0 Å². The molecule has 1 amide bonds. The standard InChI is InChI=1S/C15H28N2O.ClH/c18-15(7-6-14-8-10-16-12-14)17-11-9-13-4-2-1-3-5-13;/h13-14,16H,1-12H2,(H,17,18);1H. The SMILES string of the molecule is Cl.O=C(CCC1CCNC1)NCCC1CCCCC1. The van der Waals surface area contributed by atoms with Crippen LogP contribution < -0.4 is 10.6 Å². The Hall–Kier alpha value is -0.280. The summed E-state index contributed by atoms with van der Waals surface area (Å²) in [6.07, 6.45) is 11.2. The third kappa shape index (κ3) is 6.62. The molecule has 19 heavy (non-hydrogen) atoms. The average Bonchev–Trinajstić information content (AvgIpc) is 2.91. The minimum absolute atomic E-state index is 0.